The van der Waals surface area contributed by atoms with Gasteiger partial charge in [0.05, 0.1) is 10.0 Å². The Kier molecular flexibility index (Phi) is 8.83. The molecule has 3 atom stereocenters. The van der Waals surface area contributed by atoms with Crippen molar-refractivity contribution in [1.29, 1.82) is 0 Å². The molecule has 36 heavy (non-hydrogen) atoms. The fourth-order valence-corrected chi connectivity index (χ4v) is 5.83. The molecule has 7 nitrogen and oxygen atoms in total. The third-order valence-electron chi connectivity index (χ3n) is 6.87. The molecular formula is C25H29Cl4N3O4. The summed E-state index contributed by atoms with van der Waals surface area (Å²) in [6.45, 7) is 5.80. The first-order valence-electron chi connectivity index (χ1n) is 11.8. The average molecular weight is 577 g/mol. The number of nitrogens with one attached hydrogen (secondary N) is 1. The SMILES string of the molecule is Cc1cccc(C)c1C(C(N)=O)N1CCC(NCC(O)C2COc3c(Cl)c(Cl)c(Cl)c(Cl)c3O2)CC1. The predicted octanol–water partition coefficient (Wildman–Crippen LogP) is 4.70. The van der Waals surface area contributed by atoms with Crippen LogP contribution in [0.15, 0.2) is 18.2 Å². The zero-order valence-corrected chi connectivity index (χ0v) is 23.0. The molecule has 3 unspecified atom stereocenters. The Bertz CT molecular complexity index is 1120. The molecule has 2 aromatic rings. The molecule has 4 N–H and O–H groups in total. The van der Waals surface area contributed by atoms with Crippen LogP contribution < -0.4 is 20.5 Å². The number of carbonyl (C=O) groups is 1. The smallest absolute Gasteiger partial charge is 0.239 e. The number of halogens is 4. The maximum absolute atomic E-state index is 12.4. The number of fused-ring (bicyclic) bond motifs is 1. The highest BCUT2D eigenvalue weighted by Crippen LogP contribution is 2.52. The molecule has 0 saturated carbocycles. The second kappa shape index (κ2) is 11.5. The Hall–Kier alpha value is -1.45. The number of rotatable bonds is 7. The van der Waals surface area contributed by atoms with Crippen LogP contribution in [0.1, 0.15) is 35.6 Å². The summed E-state index contributed by atoms with van der Waals surface area (Å²) >= 11 is 24.7. The first-order valence-corrected chi connectivity index (χ1v) is 13.3. The minimum absolute atomic E-state index is 0.0702. The lowest BCUT2D eigenvalue weighted by Gasteiger charge is -2.38. The quantitative estimate of drug-likeness (QED) is 0.326. The highest BCUT2D eigenvalue weighted by Gasteiger charge is 2.35. The first kappa shape index (κ1) is 27.6. The van der Waals surface area contributed by atoms with Crippen LogP contribution in [0.4, 0.5) is 0 Å². The van der Waals surface area contributed by atoms with E-state index in [0.29, 0.717) is 13.1 Å². The third kappa shape index (κ3) is 5.53. The number of ether oxygens (including phenoxy) is 2. The Morgan fingerprint density at radius 2 is 1.67 bits per heavy atom. The van der Waals surface area contributed by atoms with Gasteiger partial charge >= 0.3 is 0 Å². The molecule has 11 heteroatoms. The number of aliphatic hydroxyl groups excluding tert-OH is 1. The number of nitrogens with two attached hydrogens (primary N) is 1. The van der Waals surface area contributed by atoms with E-state index < -0.39 is 18.2 Å². The number of primary amides is 1. The van der Waals surface area contributed by atoms with E-state index in [4.69, 9.17) is 61.6 Å². The lowest BCUT2D eigenvalue weighted by atomic mass is 9.92. The van der Waals surface area contributed by atoms with Crippen molar-refractivity contribution in [3.63, 3.8) is 0 Å². The summed E-state index contributed by atoms with van der Waals surface area (Å²) in [5.41, 5.74) is 8.94. The van der Waals surface area contributed by atoms with Crippen LogP contribution in [-0.4, -0.2) is 60.4 Å². The number of hydrogen-bond donors (Lipinski definition) is 3. The zero-order valence-electron chi connectivity index (χ0n) is 20.0. The van der Waals surface area contributed by atoms with Crippen LogP contribution in [0, 0.1) is 13.8 Å². The van der Waals surface area contributed by atoms with Gasteiger partial charge in [-0.3, -0.25) is 9.69 Å². The number of amides is 1. The summed E-state index contributed by atoms with van der Waals surface area (Å²) in [5.74, 6) is 0.0422. The van der Waals surface area contributed by atoms with E-state index in [1.54, 1.807) is 0 Å². The van der Waals surface area contributed by atoms with Gasteiger partial charge in [0.15, 0.2) is 17.6 Å². The van der Waals surface area contributed by atoms with Crippen LogP contribution in [-0.2, 0) is 4.79 Å². The second-order valence-electron chi connectivity index (χ2n) is 9.28. The monoisotopic (exact) mass is 575 g/mol. The molecular weight excluding hydrogens is 548 g/mol. The highest BCUT2D eigenvalue weighted by atomic mass is 35.5. The van der Waals surface area contributed by atoms with E-state index in [1.807, 2.05) is 32.0 Å². The van der Waals surface area contributed by atoms with E-state index in [2.05, 4.69) is 10.2 Å². The minimum Gasteiger partial charge on any atom is -0.484 e. The van der Waals surface area contributed by atoms with Gasteiger partial charge in [0.25, 0.3) is 0 Å². The highest BCUT2D eigenvalue weighted by molar-refractivity contribution is 6.53. The van der Waals surface area contributed by atoms with Gasteiger partial charge in [-0.25, -0.2) is 0 Å². The second-order valence-corrected chi connectivity index (χ2v) is 10.8. The number of nitrogens with zero attached hydrogens (tertiary/aromatic N) is 1. The van der Waals surface area contributed by atoms with Crippen LogP contribution >= 0.6 is 46.4 Å². The Labute approximate surface area is 230 Å². The molecule has 2 aliphatic rings. The summed E-state index contributed by atoms with van der Waals surface area (Å²) in [6, 6.07) is 5.72. The van der Waals surface area contributed by atoms with Crippen molar-refractivity contribution in [3.05, 3.63) is 55.0 Å². The van der Waals surface area contributed by atoms with Gasteiger partial charge in [-0.1, -0.05) is 64.6 Å². The number of aliphatic hydroxyl groups is 1. The van der Waals surface area contributed by atoms with E-state index in [9.17, 15) is 9.90 Å². The third-order valence-corrected chi connectivity index (χ3v) is 8.64. The van der Waals surface area contributed by atoms with Crippen LogP contribution in [0.5, 0.6) is 11.5 Å². The van der Waals surface area contributed by atoms with Crippen LogP contribution in [0.2, 0.25) is 20.1 Å². The Balaban J connectivity index is 1.33. The topological polar surface area (TPSA) is 97.1 Å². The summed E-state index contributed by atoms with van der Waals surface area (Å²) in [7, 11) is 0. The number of aryl methyl sites for hydroxylation is 2. The van der Waals surface area contributed by atoms with Gasteiger partial charge in [-0.2, -0.15) is 0 Å². The van der Waals surface area contributed by atoms with Crippen molar-refractivity contribution >= 4 is 52.3 Å². The Morgan fingerprint density at radius 1 is 1.08 bits per heavy atom. The molecule has 0 bridgehead atoms. The average Bonchev–Trinajstić information content (AvgIpc) is 2.87. The molecule has 2 heterocycles. The zero-order chi connectivity index (χ0) is 26.1. The lowest BCUT2D eigenvalue weighted by Crippen LogP contribution is -2.51. The fourth-order valence-electron chi connectivity index (χ4n) is 4.91. The van der Waals surface area contributed by atoms with Crippen LogP contribution in [0.25, 0.3) is 0 Å². The summed E-state index contributed by atoms with van der Waals surface area (Å²) in [6.07, 6.45) is 0.0801. The van der Waals surface area contributed by atoms with Crippen molar-refractivity contribution in [1.82, 2.24) is 10.2 Å². The standard InChI is InChI=1S/C25H29Cl4N3O4/c1-12-4-3-5-13(2)17(12)22(25(30)34)32-8-6-14(7-9-32)31-10-15(33)16-11-35-23-20(28)18(26)19(27)21(29)24(23)36-16/h3-5,14-16,22,31,33H,6-11H2,1-2H3,(H2,30,34). The molecule has 0 aliphatic carbocycles. The maximum Gasteiger partial charge on any atom is 0.239 e. The van der Waals surface area contributed by atoms with Gasteiger partial charge in [0, 0.05) is 25.7 Å². The van der Waals surface area contributed by atoms with Gasteiger partial charge in [0.2, 0.25) is 5.91 Å². The maximum atomic E-state index is 12.4. The van der Waals surface area contributed by atoms with E-state index in [-0.39, 0.29) is 56.7 Å². The van der Waals surface area contributed by atoms with Crippen LogP contribution in [0.3, 0.4) is 0 Å². The van der Waals surface area contributed by atoms with Crippen molar-refractivity contribution in [2.24, 2.45) is 5.73 Å². The Morgan fingerprint density at radius 3 is 2.25 bits per heavy atom. The van der Waals surface area contributed by atoms with Crippen molar-refractivity contribution in [3.8, 4) is 11.5 Å². The van der Waals surface area contributed by atoms with E-state index >= 15 is 0 Å². The van der Waals surface area contributed by atoms with E-state index in [1.165, 1.54) is 0 Å². The molecule has 0 radical (unpaired) electrons. The largest absolute Gasteiger partial charge is 0.484 e. The molecule has 1 amide bonds. The molecule has 0 spiro atoms. The molecule has 0 aromatic heterocycles. The summed E-state index contributed by atoms with van der Waals surface area (Å²) < 4.78 is 11.6. The molecule has 196 valence electrons. The normalized spacial score (nSPS) is 20.2. The van der Waals surface area contributed by atoms with Crippen molar-refractivity contribution in [2.75, 3.05) is 26.2 Å². The van der Waals surface area contributed by atoms with Gasteiger partial charge in [-0.05, 0) is 43.4 Å². The lowest BCUT2D eigenvalue weighted by molar-refractivity contribution is -0.124. The molecule has 4 rings (SSSR count). The molecule has 2 aromatic carbocycles. The van der Waals surface area contributed by atoms with Crippen molar-refractivity contribution in [2.45, 2.75) is 51.0 Å². The van der Waals surface area contributed by atoms with Gasteiger partial charge in [0.1, 0.15) is 28.8 Å². The summed E-state index contributed by atoms with van der Waals surface area (Å²) in [5, 5.41) is 14.5. The number of piperidine rings is 1. The number of carbonyl (C=O) groups excluding carboxylic acids is 1. The molecule has 1 saturated heterocycles. The number of likely N-dealkylation sites (tertiary alicyclic amines) is 1. The van der Waals surface area contributed by atoms with Crippen molar-refractivity contribution < 1.29 is 19.4 Å². The summed E-state index contributed by atoms with van der Waals surface area (Å²) in [4.78, 5) is 14.6. The molecule has 1 fully saturated rings. The van der Waals surface area contributed by atoms with E-state index in [0.717, 1.165) is 29.5 Å². The van der Waals surface area contributed by atoms with Gasteiger partial charge < -0.3 is 25.6 Å². The van der Waals surface area contributed by atoms with Gasteiger partial charge in [-0.15, -0.1) is 0 Å². The number of benzene rings is 2. The predicted molar refractivity (Wildman–Crippen MR) is 143 cm³/mol. The minimum atomic E-state index is -0.867. The first-order chi connectivity index (χ1) is 17.1. The molecule has 2 aliphatic heterocycles. The number of hydrogen-bond acceptors (Lipinski definition) is 6. The fraction of sp³-hybridized carbons (Fsp3) is 0.480.